The molecule has 1 saturated heterocycles. The van der Waals surface area contributed by atoms with Crippen LogP contribution in [0, 0.1) is 19.8 Å². The normalized spacial score (nSPS) is 17.6. The fraction of sp³-hybridized carbons (Fsp3) is 0.259. The highest BCUT2D eigenvalue weighted by molar-refractivity contribution is 7.10. The predicted molar refractivity (Wildman–Crippen MR) is 137 cm³/mol. The number of aryl methyl sites for hydroxylation is 2. The van der Waals surface area contributed by atoms with Gasteiger partial charge in [0.25, 0.3) is 11.7 Å². The predicted octanol–water partition coefficient (Wildman–Crippen LogP) is 6.68. The third kappa shape index (κ3) is 4.48. The van der Waals surface area contributed by atoms with Crippen molar-refractivity contribution in [1.29, 1.82) is 0 Å². The van der Waals surface area contributed by atoms with Gasteiger partial charge in [-0.3, -0.25) is 14.5 Å². The molecular formula is C27H26ClNO4S. The van der Waals surface area contributed by atoms with Crippen molar-refractivity contribution in [2.45, 2.75) is 33.7 Å². The van der Waals surface area contributed by atoms with Gasteiger partial charge in [-0.2, -0.15) is 0 Å². The summed E-state index contributed by atoms with van der Waals surface area (Å²) in [7, 11) is 0. The summed E-state index contributed by atoms with van der Waals surface area (Å²) < 4.78 is 5.84. The van der Waals surface area contributed by atoms with E-state index in [1.54, 1.807) is 30.3 Å². The van der Waals surface area contributed by atoms with Gasteiger partial charge in [-0.25, -0.2) is 0 Å². The highest BCUT2D eigenvalue weighted by Crippen LogP contribution is 2.45. The summed E-state index contributed by atoms with van der Waals surface area (Å²) >= 11 is 7.65. The van der Waals surface area contributed by atoms with Gasteiger partial charge in [0.1, 0.15) is 17.6 Å². The van der Waals surface area contributed by atoms with E-state index in [0.717, 1.165) is 21.8 Å². The number of halogens is 1. The third-order valence-corrected chi connectivity index (χ3v) is 6.87. The maximum atomic E-state index is 13.3. The Hall–Kier alpha value is -3.09. The van der Waals surface area contributed by atoms with Gasteiger partial charge in [0.15, 0.2) is 0 Å². The maximum absolute atomic E-state index is 13.3. The monoisotopic (exact) mass is 495 g/mol. The van der Waals surface area contributed by atoms with Gasteiger partial charge < -0.3 is 9.84 Å². The van der Waals surface area contributed by atoms with Crippen molar-refractivity contribution in [3.63, 3.8) is 0 Å². The first-order valence-corrected chi connectivity index (χ1v) is 12.3. The SMILES string of the molecule is Cc1cc(/C(O)=C2/C(=O)C(=O)N(c3cc(Cl)ccc3C)C2c2cccs2)ccc1OCC(C)C. The van der Waals surface area contributed by atoms with Crippen molar-refractivity contribution < 1.29 is 19.4 Å². The van der Waals surface area contributed by atoms with E-state index in [4.69, 9.17) is 16.3 Å². The molecule has 0 radical (unpaired) electrons. The molecule has 1 unspecified atom stereocenters. The molecule has 176 valence electrons. The van der Waals surface area contributed by atoms with E-state index in [-0.39, 0.29) is 11.3 Å². The lowest BCUT2D eigenvalue weighted by Crippen LogP contribution is -2.29. The smallest absolute Gasteiger partial charge is 0.300 e. The number of Topliss-reactive ketones (excluding diaryl/α,β-unsaturated/α-hetero) is 1. The topological polar surface area (TPSA) is 66.8 Å². The Balaban J connectivity index is 1.84. The van der Waals surface area contributed by atoms with Crippen molar-refractivity contribution in [3.05, 3.63) is 86.1 Å². The third-order valence-electron chi connectivity index (χ3n) is 5.71. The van der Waals surface area contributed by atoms with Crippen LogP contribution in [0.15, 0.2) is 59.5 Å². The van der Waals surface area contributed by atoms with E-state index >= 15 is 0 Å². The second-order valence-corrected chi connectivity index (χ2v) is 10.2. The maximum Gasteiger partial charge on any atom is 0.300 e. The molecule has 1 aromatic heterocycles. The summed E-state index contributed by atoms with van der Waals surface area (Å²) in [6.45, 7) is 8.46. The number of aliphatic hydroxyl groups excluding tert-OH is 1. The van der Waals surface area contributed by atoms with Crippen molar-refractivity contribution in [2.75, 3.05) is 11.5 Å². The average molecular weight is 496 g/mol. The van der Waals surface area contributed by atoms with Crippen molar-refractivity contribution in [1.82, 2.24) is 0 Å². The number of aliphatic hydroxyl groups is 1. The highest BCUT2D eigenvalue weighted by Gasteiger charge is 2.47. The molecule has 1 amide bonds. The summed E-state index contributed by atoms with van der Waals surface area (Å²) in [5.74, 6) is -0.538. The van der Waals surface area contributed by atoms with Gasteiger partial charge in [-0.1, -0.05) is 37.6 Å². The number of ether oxygens (including phenoxy) is 1. The minimum atomic E-state index is -0.755. The van der Waals surface area contributed by atoms with Crippen molar-refractivity contribution >= 4 is 46.1 Å². The molecule has 0 saturated carbocycles. The summed E-state index contributed by atoms with van der Waals surface area (Å²) in [5.41, 5.74) is 2.69. The minimum Gasteiger partial charge on any atom is -0.507 e. The largest absolute Gasteiger partial charge is 0.507 e. The van der Waals surface area contributed by atoms with Gasteiger partial charge in [0.2, 0.25) is 0 Å². The van der Waals surface area contributed by atoms with Crippen LogP contribution in [-0.4, -0.2) is 23.4 Å². The average Bonchev–Trinajstić information content (AvgIpc) is 3.41. The van der Waals surface area contributed by atoms with E-state index in [0.29, 0.717) is 28.8 Å². The van der Waals surface area contributed by atoms with Crippen molar-refractivity contribution in [2.24, 2.45) is 5.92 Å². The van der Waals surface area contributed by atoms with Crippen LogP contribution in [0.3, 0.4) is 0 Å². The molecule has 7 heteroatoms. The molecule has 1 fully saturated rings. The molecule has 4 rings (SSSR count). The Morgan fingerprint density at radius 3 is 2.53 bits per heavy atom. The minimum absolute atomic E-state index is 0.0575. The zero-order valence-corrected chi connectivity index (χ0v) is 21.0. The summed E-state index contributed by atoms with van der Waals surface area (Å²) in [6, 6.07) is 13.4. The second-order valence-electron chi connectivity index (χ2n) is 8.80. The highest BCUT2D eigenvalue weighted by atomic mass is 35.5. The molecule has 1 atom stereocenters. The first-order chi connectivity index (χ1) is 16.2. The van der Waals surface area contributed by atoms with Crippen molar-refractivity contribution in [3.8, 4) is 5.75 Å². The zero-order chi connectivity index (χ0) is 24.6. The zero-order valence-electron chi connectivity index (χ0n) is 19.5. The number of hydrogen-bond acceptors (Lipinski definition) is 5. The van der Waals surface area contributed by atoms with Crippen LogP contribution in [0.1, 0.15) is 41.5 Å². The van der Waals surface area contributed by atoms with Crippen LogP contribution in [0.25, 0.3) is 5.76 Å². The Kier molecular flexibility index (Phi) is 6.82. The number of carbonyl (C=O) groups is 2. The number of anilines is 1. The van der Waals surface area contributed by atoms with Gasteiger partial charge in [-0.05, 0) is 72.7 Å². The van der Waals surface area contributed by atoms with Gasteiger partial charge in [0.05, 0.1) is 12.2 Å². The molecule has 0 spiro atoms. The fourth-order valence-electron chi connectivity index (χ4n) is 4.01. The Labute approximate surface area is 208 Å². The lowest BCUT2D eigenvalue weighted by molar-refractivity contribution is -0.132. The number of hydrogen-bond donors (Lipinski definition) is 1. The van der Waals surface area contributed by atoms with E-state index in [9.17, 15) is 14.7 Å². The molecule has 1 aliphatic rings. The van der Waals surface area contributed by atoms with E-state index in [2.05, 4.69) is 13.8 Å². The van der Waals surface area contributed by atoms with Crippen LogP contribution in [0.5, 0.6) is 5.75 Å². The van der Waals surface area contributed by atoms with Crippen LogP contribution >= 0.6 is 22.9 Å². The van der Waals surface area contributed by atoms with E-state index < -0.39 is 17.7 Å². The van der Waals surface area contributed by atoms with Gasteiger partial charge in [0, 0.05) is 21.2 Å². The summed E-state index contributed by atoms with van der Waals surface area (Å²) in [5, 5.41) is 13.7. The second kappa shape index (κ2) is 9.65. The molecule has 34 heavy (non-hydrogen) atoms. The Morgan fingerprint density at radius 2 is 1.88 bits per heavy atom. The van der Waals surface area contributed by atoms with Crippen LogP contribution in [0.2, 0.25) is 5.02 Å². The quantitative estimate of drug-likeness (QED) is 0.235. The van der Waals surface area contributed by atoms with Gasteiger partial charge >= 0.3 is 0 Å². The van der Waals surface area contributed by atoms with E-state index in [1.807, 2.05) is 37.4 Å². The van der Waals surface area contributed by atoms with Crippen LogP contribution < -0.4 is 9.64 Å². The lowest BCUT2D eigenvalue weighted by atomic mass is 9.98. The molecule has 0 bridgehead atoms. The number of benzene rings is 2. The molecule has 1 aliphatic heterocycles. The number of amides is 1. The standard InChI is InChI=1S/C27H26ClNO4S/c1-15(2)14-33-21-10-8-18(12-17(21)4)25(30)23-24(22-6-5-11-34-22)29(27(32)26(23)31)20-13-19(28)9-7-16(20)3/h5-13,15,24,30H,14H2,1-4H3/b25-23-. The molecule has 3 aromatic rings. The number of ketones is 1. The first-order valence-electron chi connectivity index (χ1n) is 11.0. The van der Waals surface area contributed by atoms with Gasteiger partial charge in [-0.15, -0.1) is 11.3 Å². The molecule has 2 heterocycles. The number of rotatable bonds is 6. The van der Waals surface area contributed by atoms with Crippen LogP contribution in [-0.2, 0) is 9.59 Å². The first kappa shape index (κ1) is 24.0. The summed E-state index contributed by atoms with van der Waals surface area (Å²) in [4.78, 5) is 28.7. The number of carbonyl (C=O) groups excluding carboxylic acids is 2. The molecule has 1 N–H and O–H groups in total. The van der Waals surface area contributed by atoms with E-state index in [1.165, 1.54) is 16.2 Å². The molecule has 5 nitrogen and oxygen atoms in total. The summed E-state index contributed by atoms with van der Waals surface area (Å²) in [6.07, 6.45) is 0. The Bertz CT molecular complexity index is 1280. The lowest BCUT2D eigenvalue weighted by Gasteiger charge is -2.26. The number of thiophene rings is 1. The fourth-order valence-corrected chi connectivity index (χ4v) is 5.00. The molecular weight excluding hydrogens is 470 g/mol. The molecule has 0 aliphatic carbocycles. The number of nitrogens with zero attached hydrogens (tertiary/aromatic N) is 1. The molecule has 2 aromatic carbocycles. The Morgan fingerprint density at radius 1 is 1.12 bits per heavy atom. The van der Waals surface area contributed by atoms with Crippen LogP contribution in [0.4, 0.5) is 5.69 Å².